The molecule has 238 valence electrons. The van der Waals surface area contributed by atoms with E-state index in [1.807, 2.05) is 6.07 Å². The fourth-order valence-corrected chi connectivity index (χ4v) is 10.2. The molecular weight excluding hydrogens is 546 g/mol. The van der Waals surface area contributed by atoms with Crippen LogP contribution in [0.1, 0.15) is 121 Å². The molecule has 5 heteroatoms. The predicted molar refractivity (Wildman–Crippen MR) is 175 cm³/mol. The lowest BCUT2D eigenvalue weighted by Gasteiger charge is -2.55. The van der Waals surface area contributed by atoms with E-state index in [2.05, 4.69) is 64.2 Å². The molecule has 44 heavy (non-hydrogen) atoms. The zero-order valence-electron chi connectivity index (χ0n) is 27.6. The second kappa shape index (κ2) is 11.9. The highest BCUT2D eigenvalue weighted by Crippen LogP contribution is 2.59. The molecule has 0 bridgehead atoms. The first-order valence-corrected chi connectivity index (χ1v) is 17.3. The quantitative estimate of drug-likeness (QED) is 0.227. The third kappa shape index (κ3) is 5.42. The van der Waals surface area contributed by atoms with Crippen LogP contribution in [0, 0.1) is 22.7 Å². The largest absolute Gasteiger partial charge is 0.508 e. The number of benzene rings is 2. The maximum Gasteiger partial charge on any atom is 0.146 e. The third-order valence-electron chi connectivity index (χ3n) is 12.6. The van der Waals surface area contributed by atoms with Crippen molar-refractivity contribution in [3.8, 4) is 11.5 Å². The van der Waals surface area contributed by atoms with Crippen molar-refractivity contribution in [2.24, 2.45) is 22.7 Å². The lowest BCUT2D eigenvalue weighted by atomic mass is 9.48. The molecule has 0 radical (unpaired) electrons. The zero-order valence-corrected chi connectivity index (χ0v) is 27.6. The van der Waals surface area contributed by atoms with Crippen molar-refractivity contribution in [1.82, 2.24) is 5.32 Å². The van der Waals surface area contributed by atoms with Gasteiger partial charge in [0.25, 0.3) is 0 Å². The lowest BCUT2D eigenvalue weighted by molar-refractivity contribution is -0.145. The molecule has 2 fully saturated rings. The molecule has 6 atom stereocenters. The molecule has 5 nitrogen and oxygen atoms in total. The Balaban J connectivity index is 1.20. The minimum atomic E-state index is -0.506. The molecule has 0 unspecified atom stereocenters. The van der Waals surface area contributed by atoms with E-state index in [9.17, 15) is 14.7 Å². The highest BCUT2D eigenvalue weighted by molar-refractivity contribution is 6.04. The van der Waals surface area contributed by atoms with Gasteiger partial charge in [-0.1, -0.05) is 59.6 Å². The number of fused-ring (bicyclic) bond motifs is 6. The molecule has 4 aliphatic rings. The standard InChI is InChI=1S/C39H53NO4/c1-25(2)40-20-21-44-29-14-10-27-12-16-34-37(3,33(27)23-29)18-7-19-39(34,5)36(43)24-35(42)38(4)17-6-8-30-31-22-28(41)13-9-26(31)11-15-32(30)38/h9-10,13-14,22-23,25,30,32,34,40-41H,6-8,11-12,15-21,24H2,1-5H3/t30-,32-,34-,37-,38+,39+/m1/s1. The van der Waals surface area contributed by atoms with E-state index < -0.39 is 10.8 Å². The van der Waals surface area contributed by atoms with Gasteiger partial charge in [-0.05, 0) is 121 Å². The number of phenolic OH excluding ortho intramolecular Hbond substituents is 1. The summed E-state index contributed by atoms with van der Waals surface area (Å²) in [5.74, 6) is 2.25. The maximum absolute atomic E-state index is 14.4. The van der Waals surface area contributed by atoms with E-state index in [-0.39, 0.29) is 41.2 Å². The summed E-state index contributed by atoms with van der Waals surface area (Å²) in [7, 11) is 0. The number of ether oxygens (including phenoxy) is 1. The fraction of sp³-hybridized carbons (Fsp3) is 0.641. The minimum Gasteiger partial charge on any atom is -0.508 e. The molecule has 2 saturated carbocycles. The van der Waals surface area contributed by atoms with Gasteiger partial charge in [-0.2, -0.15) is 0 Å². The number of rotatable bonds is 9. The Morgan fingerprint density at radius 1 is 0.909 bits per heavy atom. The summed E-state index contributed by atoms with van der Waals surface area (Å²) in [6.45, 7) is 12.4. The first-order valence-electron chi connectivity index (χ1n) is 17.3. The molecule has 0 heterocycles. The summed E-state index contributed by atoms with van der Waals surface area (Å²) < 4.78 is 6.16. The van der Waals surface area contributed by atoms with Gasteiger partial charge in [0.15, 0.2) is 0 Å². The Kier molecular flexibility index (Phi) is 8.49. The van der Waals surface area contributed by atoms with Crippen LogP contribution in [0.2, 0.25) is 0 Å². The second-order valence-electron chi connectivity index (χ2n) is 15.5. The summed E-state index contributed by atoms with van der Waals surface area (Å²) in [4.78, 5) is 28.7. The normalized spacial score (nSPS) is 32.6. The van der Waals surface area contributed by atoms with Crippen LogP contribution in [-0.4, -0.2) is 35.9 Å². The van der Waals surface area contributed by atoms with E-state index in [1.165, 1.54) is 22.3 Å². The van der Waals surface area contributed by atoms with E-state index in [4.69, 9.17) is 4.74 Å². The van der Waals surface area contributed by atoms with Crippen LogP contribution < -0.4 is 10.1 Å². The van der Waals surface area contributed by atoms with Crippen molar-refractivity contribution in [2.75, 3.05) is 13.2 Å². The first-order chi connectivity index (χ1) is 21.0. The van der Waals surface area contributed by atoms with Crippen LogP contribution in [-0.2, 0) is 27.8 Å². The second-order valence-corrected chi connectivity index (χ2v) is 15.5. The van der Waals surface area contributed by atoms with Crippen molar-refractivity contribution in [1.29, 1.82) is 0 Å². The molecule has 2 N–H and O–H groups in total. The summed E-state index contributed by atoms with van der Waals surface area (Å²) in [6.07, 6.45) is 9.73. The summed E-state index contributed by atoms with van der Waals surface area (Å²) in [6, 6.07) is 12.8. The topological polar surface area (TPSA) is 75.6 Å². The van der Waals surface area contributed by atoms with Crippen molar-refractivity contribution in [3.63, 3.8) is 0 Å². The lowest BCUT2D eigenvalue weighted by Crippen LogP contribution is -2.53. The molecule has 0 saturated heterocycles. The van der Waals surface area contributed by atoms with Crippen molar-refractivity contribution in [2.45, 2.75) is 123 Å². The van der Waals surface area contributed by atoms with Gasteiger partial charge >= 0.3 is 0 Å². The molecular formula is C39H53NO4. The van der Waals surface area contributed by atoms with Crippen LogP contribution in [0.3, 0.4) is 0 Å². The van der Waals surface area contributed by atoms with Crippen molar-refractivity contribution >= 4 is 11.6 Å². The molecule has 0 aliphatic heterocycles. The molecule has 0 amide bonds. The highest BCUT2D eigenvalue weighted by Gasteiger charge is 2.56. The molecule has 4 aliphatic carbocycles. The summed E-state index contributed by atoms with van der Waals surface area (Å²) >= 11 is 0. The monoisotopic (exact) mass is 599 g/mol. The molecule has 0 spiro atoms. The number of carbonyl (C=O) groups is 2. The molecule has 2 aromatic rings. The fourth-order valence-electron chi connectivity index (χ4n) is 10.2. The Morgan fingerprint density at radius 3 is 2.43 bits per heavy atom. The van der Waals surface area contributed by atoms with Gasteiger partial charge in [0.05, 0.1) is 6.42 Å². The highest BCUT2D eigenvalue weighted by atomic mass is 16.5. The number of aromatic hydroxyl groups is 1. The summed E-state index contributed by atoms with van der Waals surface area (Å²) in [5, 5.41) is 13.7. The third-order valence-corrected chi connectivity index (χ3v) is 12.6. The molecule has 6 rings (SSSR count). The Morgan fingerprint density at radius 2 is 1.64 bits per heavy atom. The SMILES string of the molecule is CC(C)NCCOc1ccc2c(c1)[C@@]1(C)CCC[C@](C)(C(=O)CC(=O)[C@@]3(C)CCC[C@@H]4c5cc(O)ccc5CC[C@H]43)[C@@H]1CC2. The van der Waals surface area contributed by atoms with Crippen LogP contribution in [0.15, 0.2) is 36.4 Å². The minimum absolute atomic E-state index is 0.0502. The van der Waals surface area contributed by atoms with Crippen molar-refractivity contribution in [3.05, 3.63) is 58.7 Å². The van der Waals surface area contributed by atoms with E-state index in [0.29, 0.717) is 18.4 Å². The van der Waals surface area contributed by atoms with Gasteiger partial charge in [-0.3, -0.25) is 9.59 Å². The summed E-state index contributed by atoms with van der Waals surface area (Å²) in [5.41, 5.74) is 4.16. The van der Waals surface area contributed by atoms with Crippen LogP contribution in [0.5, 0.6) is 11.5 Å². The maximum atomic E-state index is 14.4. The van der Waals surface area contributed by atoms with E-state index in [1.54, 1.807) is 6.07 Å². The Bertz CT molecular complexity index is 1410. The van der Waals surface area contributed by atoms with Gasteiger partial charge in [0.1, 0.15) is 29.7 Å². The number of aryl methyl sites for hydroxylation is 2. The molecule has 0 aromatic heterocycles. The smallest absolute Gasteiger partial charge is 0.146 e. The van der Waals surface area contributed by atoms with Gasteiger partial charge in [0.2, 0.25) is 0 Å². The zero-order chi connectivity index (χ0) is 31.3. The average Bonchev–Trinajstić information content (AvgIpc) is 2.99. The van der Waals surface area contributed by atoms with E-state index >= 15 is 0 Å². The first kappa shape index (κ1) is 31.3. The Hall–Kier alpha value is -2.66. The van der Waals surface area contributed by atoms with Gasteiger partial charge < -0.3 is 15.2 Å². The van der Waals surface area contributed by atoms with E-state index in [0.717, 1.165) is 76.5 Å². The number of hydrogen-bond acceptors (Lipinski definition) is 5. The van der Waals surface area contributed by atoms with Gasteiger partial charge in [-0.15, -0.1) is 0 Å². The number of carbonyl (C=O) groups excluding carboxylic acids is 2. The Labute approximate surface area is 264 Å². The van der Waals surface area contributed by atoms with Crippen molar-refractivity contribution < 1.29 is 19.4 Å². The predicted octanol–water partition coefficient (Wildman–Crippen LogP) is 7.84. The number of ketones is 2. The number of phenols is 1. The van der Waals surface area contributed by atoms with Gasteiger partial charge in [0, 0.05) is 23.4 Å². The average molecular weight is 600 g/mol. The van der Waals surface area contributed by atoms with Crippen LogP contribution >= 0.6 is 0 Å². The molecule has 2 aromatic carbocycles. The number of hydrogen-bond donors (Lipinski definition) is 2. The van der Waals surface area contributed by atoms with Crippen LogP contribution in [0.4, 0.5) is 0 Å². The van der Waals surface area contributed by atoms with Gasteiger partial charge in [-0.25, -0.2) is 0 Å². The number of Topliss-reactive ketones (excluding diaryl/α,β-unsaturated/α-hetero) is 2. The van der Waals surface area contributed by atoms with Crippen LogP contribution in [0.25, 0.3) is 0 Å². The number of nitrogens with one attached hydrogen (secondary N) is 1.